The van der Waals surface area contributed by atoms with E-state index >= 15 is 0 Å². The van der Waals surface area contributed by atoms with E-state index in [1.807, 2.05) is 0 Å². The van der Waals surface area contributed by atoms with Gasteiger partial charge in [-0.15, -0.1) is 0 Å². The molecule has 1 aromatic carbocycles. The second kappa shape index (κ2) is 4.65. The van der Waals surface area contributed by atoms with Crippen molar-refractivity contribution in [2.45, 2.75) is 12.1 Å². The average molecular weight is 294 g/mol. The molecule has 88 valence electrons. The Morgan fingerprint density at radius 2 is 2.06 bits per heavy atom. The second-order valence-electron chi connectivity index (χ2n) is 3.60. The van der Waals surface area contributed by atoms with Crippen molar-refractivity contribution in [2.24, 2.45) is 0 Å². The summed E-state index contributed by atoms with van der Waals surface area (Å²) in [5, 5.41) is 12.2. The van der Waals surface area contributed by atoms with Gasteiger partial charge in [-0.3, -0.25) is 0 Å². The summed E-state index contributed by atoms with van der Waals surface area (Å²) >= 11 is 2.97. The molecule has 1 aliphatic heterocycles. The largest absolute Gasteiger partial charge is 0.388 e. The van der Waals surface area contributed by atoms with Crippen LogP contribution in [-0.4, -0.2) is 30.5 Å². The Kier molecular flexibility index (Phi) is 3.41. The van der Waals surface area contributed by atoms with Crippen LogP contribution in [-0.2, 0) is 4.74 Å². The van der Waals surface area contributed by atoms with Gasteiger partial charge in [-0.2, -0.15) is 0 Å². The van der Waals surface area contributed by atoms with Crippen molar-refractivity contribution in [2.75, 3.05) is 18.5 Å². The van der Waals surface area contributed by atoms with Crippen molar-refractivity contribution in [3.63, 3.8) is 0 Å². The van der Waals surface area contributed by atoms with E-state index in [0.717, 1.165) is 6.07 Å². The van der Waals surface area contributed by atoms with Crippen LogP contribution < -0.4 is 5.32 Å². The molecule has 1 fully saturated rings. The fourth-order valence-corrected chi connectivity index (χ4v) is 1.86. The van der Waals surface area contributed by atoms with Crippen LogP contribution in [0.5, 0.6) is 0 Å². The summed E-state index contributed by atoms with van der Waals surface area (Å²) in [7, 11) is 0. The first kappa shape index (κ1) is 11.8. The molecule has 1 saturated heterocycles. The van der Waals surface area contributed by atoms with Crippen LogP contribution in [0.4, 0.5) is 14.5 Å². The molecule has 6 heteroatoms. The number of aliphatic hydroxyl groups is 1. The lowest BCUT2D eigenvalue weighted by molar-refractivity contribution is 0.125. The van der Waals surface area contributed by atoms with Gasteiger partial charge in [0.15, 0.2) is 0 Å². The van der Waals surface area contributed by atoms with Crippen LogP contribution in [0.3, 0.4) is 0 Å². The third-order valence-electron chi connectivity index (χ3n) is 2.40. The molecule has 0 spiro atoms. The van der Waals surface area contributed by atoms with E-state index in [4.69, 9.17) is 4.74 Å². The minimum atomic E-state index is -0.695. The van der Waals surface area contributed by atoms with E-state index in [0.29, 0.717) is 6.61 Å². The Morgan fingerprint density at radius 1 is 1.31 bits per heavy atom. The predicted molar refractivity (Wildman–Crippen MR) is 58.3 cm³/mol. The number of halogens is 3. The maximum Gasteiger partial charge on any atom is 0.149 e. The maximum absolute atomic E-state index is 13.4. The van der Waals surface area contributed by atoms with Gasteiger partial charge in [0.1, 0.15) is 11.6 Å². The van der Waals surface area contributed by atoms with Crippen molar-refractivity contribution in [3.05, 3.63) is 28.2 Å². The zero-order chi connectivity index (χ0) is 11.7. The summed E-state index contributed by atoms with van der Waals surface area (Å²) in [5.41, 5.74) is 0.142. The van der Waals surface area contributed by atoms with Gasteiger partial charge < -0.3 is 15.2 Å². The van der Waals surface area contributed by atoms with E-state index in [1.165, 1.54) is 6.07 Å². The minimum Gasteiger partial charge on any atom is -0.388 e. The average Bonchev–Trinajstić information content (AvgIpc) is 2.61. The van der Waals surface area contributed by atoms with Crippen LogP contribution in [0, 0.1) is 11.6 Å². The van der Waals surface area contributed by atoms with Gasteiger partial charge in [0, 0.05) is 6.07 Å². The molecule has 0 saturated carbocycles. The highest BCUT2D eigenvalue weighted by atomic mass is 79.9. The van der Waals surface area contributed by atoms with Gasteiger partial charge in [0.25, 0.3) is 0 Å². The molecule has 2 atom stereocenters. The van der Waals surface area contributed by atoms with Crippen LogP contribution in [0.25, 0.3) is 0 Å². The van der Waals surface area contributed by atoms with Gasteiger partial charge in [-0.05, 0) is 22.0 Å². The molecule has 0 bridgehead atoms. The van der Waals surface area contributed by atoms with Gasteiger partial charge in [-0.1, -0.05) is 0 Å². The minimum absolute atomic E-state index is 0.142. The summed E-state index contributed by atoms with van der Waals surface area (Å²) in [6.07, 6.45) is -0.678. The highest BCUT2D eigenvalue weighted by molar-refractivity contribution is 9.10. The molecule has 1 aromatic rings. The molecule has 0 amide bonds. The number of hydrogen-bond donors (Lipinski definition) is 2. The van der Waals surface area contributed by atoms with Gasteiger partial charge in [0.2, 0.25) is 0 Å². The fraction of sp³-hybridized carbons (Fsp3) is 0.400. The van der Waals surface area contributed by atoms with Crippen molar-refractivity contribution in [3.8, 4) is 0 Å². The van der Waals surface area contributed by atoms with E-state index in [1.54, 1.807) is 0 Å². The normalized spacial score (nSPS) is 24.8. The highest BCUT2D eigenvalue weighted by Crippen LogP contribution is 2.25. The number of aliphatic hydroxyl groups excluding tert-OH is 1. The van der Waals surface area contributed by atoms with E-state index in [-0.39, 0.29) is 22.8 Å². The first-order valence-electron chi connectivity index (χ1n) is 4.75. The first-order valence-corrected chi connectivity index (χ1v) is 5.54. The van der Waals surface area contributed by atoms with Crippen LogP contribution in [0.15, 0.2) is 16.6 Å². The van der Waals surface area contributed by atoms with Crippen LogP contribution >= 0.6 is 15.9 Å². The molecule has 2 unspecified atom stereocenters. The Balaban J connectivity index is 2.18. The van der Waals surface area contributed by atoms with Gasteiger partial charge in [-0.25, -0.2) is 8.78 Å². The highest BCUT2D eigenvalue weighted by Gasteiger charge is 2.26. The van der Waals surface area contributed by atoms with Crippen molar-refractivity contribution in [1.29, 1.82) is 0 Å². The molecule has 2 rings (SSSR count). The lowest BCUT2D eigenvalue weighted by atomic mass is 10.2. The number of benzene rings is 1. The summed E-state index contributed by atoms with van der Waals surface area (Å²) < 4.78 is 31.5. The summed E-state index contributed by atoms with van der Waals surface area (Å²) in [6, 6.07) is 1.72. The Morgan fingerprint density at radius 3 is 2.69 bits per heavy atom. The van der Waals surface area contributed by atoms with Crippen molar-refractivity contribution < 1.29 is 18.6 Å². The van der Waals surface area contributed by atoms with Crippen LogP contribution in [0.2, 0.25) is 0 Å². The van der Waals surface area contributed by atoms with Gasteiger partial charge in [0.05, 0.1) is 35.5 Å². The number of hydrogen-bond acceptors (Lipinski definition) is 3. The molecule has 16 heavy (non-hydrogen) atoms. The van der Waals surface area contributed by atoms with E-state index < -0.39 is 17.7 Å². The monoisotopic (exact) mass is 293 g/mol. The molecule has 0 aromatic heterocycles. The molecule has 0 radical (unpaired) electrons. The smallest absolute Gasteiger partial charge is 0.149 e. The van der Waals surface area contributed by atoms with Gasteiger partial charge >= 0.3 is 0 Å². The van der Waals surface area contributed by atoms with E-state index in [9.17, 15) is 13.9 Å². The van der Waals surface area contributed by atoms with Crippen molar-refractivity contribution >= 4 is 21.6 Å². The van der Waals surface area contributed by atoms with Crippen LogP contribution in [0.1, 0.15) is 0 Å². The Labute approximate surface area is 99.5 Å². The molecule has 0 aliphatic carbocycles. The molecule has 1 heterocycles. The SMILES string of the molecule is OC1COCC1Nc1cc(Br)c(F)cc1F. The zero-order valence-corrected chi connectivity index (χ0v) is 9.80. The maximum atomic E-state index is 13.4. The van der Waals surface area contributed by atoms with E-state index in [2.05, 4.69) is 21.2 Å². The topological polar surface area (TPSA) is 41.5 Å². The second-order valence-corrected chi connectivity index (χ2v) is 4.46. The third-order valence-corrected chi connectivity index (χ3v) is 3.01. The lowest BCUT2D eigenvalue weighted by Crippen LogP contribution is -2.32. The lowest BCUT2D eigenvalue weighted by Gasteiger charge is -2.16. The van der Waals surface area contributed by atoms with Crippen molar-refractivity contribution in [1.82, 2.24) is 0 Å². The number of nitrogens with one attached hydrogen (secondary N) is 1. The fourth-order valence-electron chi connectivity index (χ4n) is 1.51. The third kappa shape index (κ3) is 2.34. The molecule has 3 nitrogen and oxygen atoms in total. The summed E-state index contributed by atoms with van der Waals surface area (Å²) in [6.45, 7) is 0.525. The molecule has 1 aliphatic rings. The Bertz CT molecular complexity index is 403. The number of rotatable bonds is 2. The number of ether oxygens (including phenoxy) is 1. The molecule has 2 N–H and O–H groups in total. The quantitative estimate of drug-likeness (QED) is 0.819. The standard InChI is InChI=1S/C10H10BrF2NO2/c11-5-1-8(7(13)2-6(5)12)14-9-3-16-4-10(9)15/h1-2,9-10,14-15H,3-4H2. The molecular weight excluding hydrogens is 284 g/mol. The first-order chi connectivity index (χ1) is 7.58. The Hall–Kier alpha value is -0.720. The number of anilines is 1. The zero-order valence-electron chi connectivity index (χ0n) is 8.21. The summed E-state index contributed by atoms with van der Waals surface area (Å²) in [4.78, 5) is 0. The summed E-state index contributed by atoms with van der Waals surface area (Å²) in [5.74, 6) is -1.36. The molecular formula is C10H10BrF2NO2. The predicted octanol–water partition coefficient (Wildman–Crippen LogP) is 1.90.